The first kappa shape index (κ1) is 16.5. The van der Waals surface area contributed by atoms with E-state index in [4.69, 9.17) is 4.74 Å². The van der Waals surface area contributed by atoms with E-state index in [1.165, 1.54) is 5.56 Å². The maximum absolute atomic E-state index is 9.90. The summed E-state index contributed by atoms with van der Waals surface area (Å²) in [7, 11) is 0. The lowest BCUT2D eigenvalue weighted by molar-refractivity contribution is 0.104. The van der Waals surface area contributed by atoms with Crippen LogP contribution in [0.15, 0.2) is 54.6 Å². The molecule has 2 aromatic carbocycles. The van der Waals surface area contributed by atoms with Gasteiger partial charge in [-0.05, 0) is 36.6 Å². The van der Waals surface area contributed by atoms with E-state index in [2.05, 4.69) is 31.3 Å². The molecule has 0 bridgehead atoms. The molecule has 0 radical (unpaired) electrons. The molecule has 2 N–H and O–H groups in total. The summed E-state index contributed by atoms with van der Waals surface area (Å²) < 4.78 is 5.63. The second-order valence-corrected chi connectivity index (χ2v) is 5.57. The number of aliphatic hydroxyl groups excluding tert-OH is 1. The van der Waals surface area contributed by atoms with Crippen molar-refractivity contribution in [3.05, 3.63) is 54.6 Å². The van der Waals surface area contributed by atoms with Crippen molar-refractivity contribution in [2.45, 2.75) is 32.4 Å². The molecule has 3 nitrogen and oxygen atoms in total. The van der Waals surface area contributed by atoms with Gasteiger partial charge in [0.05, 0.1) is 0 Å². The normalized spacial score (nSPS) is 13.6. The number of hydrogen-bond donors (Lipinski definition) is 2. The van der Waals surface area contributed by atoms with Crippen LogP contribution in [-0.2, 0) is 0 Å². The van der Waals surface area contributed by atoms with Gasteiger partial charge in [-0.2, -0.15) is 0 Å². The van der Waals surface area contributed by atoms with Gasteiger partial charge in [-0.15, -0.1) is 0 Å². The van der Waals surface area contributed by atoms with E-state index in [1.54, 1.807) is 0 Å². The fourth-order valence-electron chi connectivity index (χ4n) is 2.11. The van der Waals surface area contributed by atoms with Crippen LogP contribution in [0.4, 0.5) is 0 Å². The molecule has 22 heavy (non-hydrogen) atoms. The van der Waals surface area contributed by atoms with Crippen LogP contribution in [0.2, 0.25) is 0 Å². The fourth-order valence-corrected chi connectivity index (χ4v) is 2.11. The smallest absolute Gasteiger partial charge is 0.119 e. The van der Waals surface area contributed by atoms with Crippen LogP contribution in [0.1, 0.15) is 20.3 Å². The monoisotopic (exact) mass is 299 g/mol. The summed E-state index contributed by atoms with van der Waals surface area (Å²) in [4.78, 5) is 0. The Morgan fingerprint density at radius 3 is 2.27 bits per heavy atom. The molecule has 0 aliphatic rings. The van der Waals surface area contributed by atoms with Crippen molar-refractivity contribution in [1.82, 2.24) is 5.32 Å². The molecule has 0 aliphatic heterocycles. The molecule has 0 aliphatic carbocycles. The molecular weight excluding hydrogens is 274 g/mol. The van der Waals surface area contributed by atoms with Crippen LogP contribution in [0, 0.1) is 0 Å². The Labute approximate surface area is 133 Å². The van der Waals surface area contributed by atoms with Crippen molar-refractivity contribution in [3.8, 4) is 16.9 Å². The highest BCUT2D eigenvalue weighted by Gasteiger charge is 2.07. The van der Waals surface area contributed by atoms with Crippen molar-refractivity contribution in [3.63, 3.8) is 0 Å². The van der Waals surface area contributed by atoms with Gasteiger partial charge < -0.3 is 15.2 Å². The van der Waals surface area contributed by atoms with Crippen molar-refractivity contribution in [2.75, 3.05) is 13.2 Å². The molecule has 0 amide bonds. The van der Waals surface area contributed by atoms with Gasteiger partial charge in [0.25, 0.3) is 0 Å². The summed E-state index contributed by atoms with van der Waals surface area (Å²) in [5.74, 6) is 0.780. The van der Waals surface area contributed by atoms with Crippen LogP contribution in [0.3, 0.4) is 0 Å². The summed E-state index contributed by atoms with van der Waals surface area (Å²) >= 11 is 0. The number of aliphatic hydroxyl groups is 1. The predicted octanol–water partition coefficient (Wildman–Crippen LogP) is 3.48. The Balaban J connectivity index is 1.82. The van der Waals surface area contributed by atoms with Crippen molar-refractivity contribution < 1.29 is 9.84 Å². The second kappa shape index (κ2) is 8.57. The molecule has 2 aromatic rings. The average Bonchev–Trinajstić information content (AvgIpc) is 2.59. The zero-order valence-electron chi connectivity index (χ0n) is 13.3. The molecule has 0 spiro atoms. The predicted molar refractivity (Wildman–Crippen MR) is 91.1 cm³/mol. The summed E-state index contributed by atoms with van der Waals surface area (Å²) in [6, 6.07) is 18.6. The Morgan fingerprint density at radius 1 is 1.00 bits per heavy atom. The Kier molecular flexibility index (Phi) is 6.44. The van der Waals surface area contributed by atoms with Crippen molar-refractivity contribution in [1.29, 1.82) is 0 Å². The minimum Gasteiger partial charge on any atom is -0.491 e. The Hall–Kier alpha value is -1.84. The third-order valence-corrected chi connectivity index (χ3v) is 3.72. The van der Waals surface area contributed by atoms with E-state index < -0.39 is 6.10 Å². The van der Waals surface area contributed by atoms with Gasteiger partial charge in [-0.25, -0.2) is 0 Å². The van der Waals surface area contributed by atoms with E-state index in [0.717, 1.165) is 17.7 Å². The van der Waals surface area contributed by atoms with E-state index in [-0.39, 0.29) is 0 Å². The van der Waals surface area contributed by atoms with Gasteiger partial charge in [0.15, 0.2) is 0 Å². The van der Waals surface area contributed by atoms with E-state index in [9.17, 15) is 5.11 Å². The highest BCUT2D eigenvalue weighted by molar-refractivity contribution is 5.63. The zero-order valence-corrected chi connectivity index (χ0v) is 13.3. The summed E-state index contributed by atoms with van der Waals surface area (Å²) in [6.07, 6.45) is 0.553. The summed E-state index contributed by atoms with van der Waals surface area (Å²) in [6.45, 7) is 5.08. The largest absolute Gasteiger partial charge is 0.491 e. The highest BCUT2D eigenvalue weighted by Crippen LogP contribution is 2.22. The minimum atomic E-state index is -0.497. The third-order valence-electron chi connectivity index (χ3n) is 3.72. The average molecular weight is 299 g/mol. The molecule has 0 unspecified atom stereocenters. The zero-order chi connectivity index (χ0) is 15.8. The third kappa shape index (κ3) is 5.17. The van der Waals surface area contributed by atoms with Crippen LogP contribution in [0.25, 0.3) is 11.1 Å². The topological polar surface area (TPSA) is 41.5 Å². The van der Waals surface area contributed by atoms with E-state index in [0.29, 0.717) is 19.2 Å². The van der Waals surface area contributed by atoms with Crippen LogP contribution < -0.4 is 10.1 Å². The maximum atomic E-state index is 9.90. The number of nitrogens with one attached hydrogen (secondary N) is 1. The Morgan fingerprint density at radius 2 is 1.64 bits per heavy atom. The van der Waals surface area contributed by atoms with Gasteiger partial charge in [-0.1, -0.05) is 49.4 Å². The standard InChI is InChI=1S/C19H25NO2/c1-3-15(2)20-13-18(21)14-22-19-11-9-17(10-12-19)16-7-5-4-6-8-16/h4-12,15,18,20-21H,3,13-14H2,1-2H3/t15-,18+/m1/s1. The van der Waals surface area contributed by atoms with Gasteiger partial charge >= 0.3 is 0 Å². The van der Waals surface area contributed by atoms with E-state index in [1.807, 2.05) is 42.5 Å². The van der Waals surface area contributed by atoms with Gasteiger partial charge in [0.2, 0.25) is 0 Å². The van der Waals surface area contributed by atoms with Crippen LogP contribution in [-0.4, -0.2) is 30.4 Å². The highest BCUT2D eigenvalue weighted by atomic mass is 16.5. The molecule has 118 valence electrons. The SMILES string of the molecule is CC[C@@H](C)NC[C@H](O)COc1ccc(-c2ccccc2)cc1. The number of benzene rings is 2. The fraction of sp³-hybridized carbons (Fsp3) is 0.368. The molecule has 3 heteroatoms. The maximum Gasteiger partial charge on any atom is 0.119 e. The number of ether oxygens (including phenoxy) is 1. The first-order chi connectivity index (χ1) is 10.7. The lowest BCUT2D eigenvalue weighted by atomic mass is 10.1. The minimum absolute atomic E-state index is 0.300. The summed E-state index contributed by atoms with van der Waals surface area (Å²) in [5, 5.41) is 13.2. The molecule has 0 fully saturated rings. The molecule has 0 saturated heterocycles. The first-order valence-electron chi connectivity index (χ1n) is 7.88. The molecular formula is C19H25NO2. The molecule has 0 heterocycles. The van der Waals surface area contributed by atoms with Crippen LogP contribution in [0.5, 0.6) is 5.75 Å². The lowest BCUT2D eigenvalue weighted by Gasteiger charge is -2.16. The molecule has 2 rings (SSSR count). The Bertz CT molecular complexity index is 539. The van der Waals surface area contributed by atoms with Crippen molar-refractivity contribution in [2.24, 2.45) is 0 Å². The number of hydrogen-bond acceptors (Lipinski definition) is 3. The quantitative estimate of drug-likeness (QED) is 0.784. The van der Waals surface area contributed by atoms with Gasteiger partial charge in [0, 0.05) is 12.6 Å². The first-order valence-corrected chi connectivity index (χ1v) is 7.88. The van der Waals surface area contributed by atoms with Gasteiger partial charge in [-0.3, -0.25) is 0 Å². The molecule has 0 saturated carbocycles. The number of rotatable bonds is 8. The lowest BCUT2D eigenvalue weighted by Crippen LogP contribution is -2.36. The van der Waals surface area contributed by atoms with E-state index >= 15 is 0 Å². The van der Waals surface area contributed by atoms with Crippen LogP contribution >= 0.6 is 0 Å². The van der Waals surface area contributed by atoms with Gasteiger partial charge in [0.1, 0.15) is 18.5 Å². The van der Waals surface area contributed by atoms with Crippen molar-refractivity contribution >= 4 is 0 Å². The molecule has 2 atom stereocenters. The summed E-state index contributed by atoms with van der Waals surface area (Å²) in [5.41, 5.74) is 2.35. The molecule has 0 aromatic heterocycles. The second-order valence-electron chi connectivity index (χ2n) is 5.57.